The van der Waals surface area contributed by atoms with Crippen molar-refractivity contribution in [1.29, 1.82) is 0 Å². The Labute approximate surface area is 164 Å². The predicted molar refractivity (Wildman–Crippen MR) is 107 cm³/mol. The highest BCUT2D eigenvalue weighted by atomic mass is 16.7. The number of rotatable bonds is 9. The van der Waals surface area contributed by atoms with E-state index in [2.05, 4.69) is 19.1 Å². The fraction of sp³-hybridized carbons (Fsp3) is 0.739. The van der Waals surface area contributed by atoms with Crippen LogP contribution in [0.15, 0.2) is 24.3 Å². The SMILES string of the molecule is CCCCCCCC1COC(C2CCC(c3ccc(OC)cc3)OC2)OC1. The first-order valence-corrected chi connectivity index (χ1v) is 10.8. The molecule has 0 saturated carbocycles. The van der Waals surface area contributed by atoms with Crippen molar-refractivity contribution in [1.82, 2.24) is 0 Å². The molecule has 2 fully saturated rings. The summed E-state index contributed by atoms with van der Waals surface area (Å²) in [6.45, 7) is 4.66. The Morgan fingerprint density at radius 3 is 2.26 bits per heavy atom. The molecule has 2 atom stereocenters. The van der Waals surface area contributed by atoms with E-state index in [1.807, 2.05) is 12.1 Å². The van der Waals surface area contributed by atoms with Gasteiger partial charge in [-0.05, 0) is 37.0 Å². The van der Waals surface area contributed by atoms with Gasteiger partial charge in [0.1, 0.15) is 5.75 Å². The number of benzene rings is 1. The molecule has 1 aromatic rings. The zero-order chi connectivity index (χ0) is 18.9. The van der Waals surface area contributed by atoms with Crippen LogP contribution in [0.4, 0.5) is 0 Å². The quantitative estimate of drug-likeness (QED) is 0.532. The van der Waals surface area contributed by atoms with E-state index in [4.69, 9.17) is 18.9 Å². The first kappa shape index (κ1) is 20.6. The zero-order valence-corrected chi connectivity index (χ0v) is 17.0. The van der Waals surface area contributed by atoms with Crippen LogP contribution < -0.4 is 4.74 Å². The third-order valence-corrected chi connectivity index (χ3v) is 5.89. The maximum Gasteiger partial charge on any atom is 0.162 e. The summed E-state index contributed by atoms with van der Waals surface area (Å²) >= 11 is 0. The van der Waals surface area contributed by atoms with Crippen LogP contribution in [0.25, 0.3) is 0 Å². The fourth-order valence-corrected chi connectivity index (χ4v) is 4.10. The fourth-order valence-electron chi connectivity index (χ4n) is 4.10. The van der Waals surface area contributed by atoms with Gasteiger partial charge in [-0.2, -0.15) is 0 Å². The van der Waals surface area contributed by atoms with E-state index in [1.54, 1.807) is 7.11 Å². The monoisotopic (exact) mass is 376 g/mol. The van der Waals surface area contributed by atoms with E-state index in [-0.39, 0.29) is 12.4 Å². The standard InChI is InChI=1S/C23H36O4/c1-3-4-5-6-7-8-18-15-26-23(27-16-18)20-11-14-22(25-17-20)19-9-12-21(24-2)13-10-19/h9-10,12-13,18,20,22-23H,3-8,11,14-17H2,1-2H3. The molecule has 4 heteroatoms. The van der Waals surface area contributed by atoms with E-state index in [0.717, 1.165) is 31.8 Å². The highest BCUT2D eigenvalue weighted by Crippen LogP contribution is 2.35. The number of hydrogen-bond acceptors (Lipinski definition) is 4. The van der Waals surface area contributed by atoms with Gasteiger partial charge in [0, 0.05) is 11.8 Å². The molecular formula is C23H36O4. The number of unbranched alkanes of at least 4 members (excludes halogenated alkanes) is 4. The van der Waals surface area contributed by atoms with Crippen molar-refractivity contribution >= 4 is 0 Å². The van der Waals surface area contributed by atoms with E-state index in [0.29, 0.717) is 18.4 Å². The van der Waals surface area contributed by atoms with Gasteiger partial charge in [0.15, 0.2) is 6.29 Å². The van der Waals surface area contributed by atoms with Gasteiger partial charge in [0.05, 0.1) is 33.0 Å². The summed E-state index contributed by atoms with van der Waals surface area (Å²) in [5, 5.41) is 0. The van der Waals surface area contributed by atoms with Gasteiger partial charge in [-0.15, -0.1) is 0 Å². The molecule has 2 aliphatic rings. The number of hydrogen-bond donors (Lipinski definition) is 0. The molecule has 3 rings (SSSR count). The smallest absolute Gasteiger partial charge is 0.162 e. The van der Waals surface area contributed by atoms with E-state index in [9.17, 15) is 0 Å². The van der Waals surface area contributed by atoms with Gasteiger partial charge in [-0.25, -0.2) is 0 Å². The van der Waals surface area contributed by atoms with E-state index in [1.165, 1.54) is 44.1 Å². The van der Waals surface area contributed by atoms with Crippen LogP contribution in [0.1, 0.15) is 70.0 Å². The molecule has 0 N–H and O–H groups in total. The molecule has 0 spiro atoms. The van der Waals surface area contributed by atoms with Crippen LogP contribution in [0, 0.1) is 11.8 Å². The predicted octanol–water partition coefficient (Wildman–Crippen LogP) is 5.51. The van der Waals surface area contributed by atoms with Crippen LogP contribution in [0.5, 0.6) is 5.75 Å². The summed E-state index contributed by atoms with van der Waals surface area (Å²) in [5.41, 5.74) is 1.22. The lowest BCUT2D eigenvalue weighted by Gasteiger charge is -2.37. The lowest BCUT2D eigenvalue weighted by molar-refractivity contribution is -0.242. The molecule has 152 valence electrons. The van der Waals surface area contributed by atoms with Gasteiger partial charge in [-0.3, -0.25) is 0 Å². The third kappa shape index (κ3) is 6.20. The molecule has 2 unspecified atom stereocenters. The van der Waals surface area contributed by atoms with Gasteiger partial charge in [0.25, 0.3) is 0 Å². The average Bonchev–Trinajstić information content (AvgIpc) is 2.74. The first-order chi connectivity index (χ1) is 13.3. The minimum absolute atomic E-state index is 0.0850. The van der Waals surface area contributed by atoms with Crippen molar-refractivity contribution in [2.45, 2.75) is 70.7 Å². The Morgan fingerprint density at radius 2 is 1.63 bits per heavy atom. The Hall–Kier alpha value is -1.10. The second kappa shape index (κ2) is 11.0. The van der Waals surface area contributed by atoms with Crippen molar-refractivity contribution in [3.05, 3.63) is 29.8 Å². The molecule has 1 aromatic carbocycles. The van der Waals surface area contributed by atoms with Crippen LogP contribution in [-0.2, 0) is 14.2 Å². The van der Waals surface area contributed by atoms with Crippen molar-refractivity contribution in [3.63, 3.8) is 0 Å². The molecule has 2 heterocycles. The summed E-state index contributed by atoms with van der Waals surface area (Å²) in [6.07, 6.45) is 10.1. The van der Waals surface area contributed by atoms with Crippen molar-refractivity contribution < 1.29 is 18.9 Å². The molecule has 0 radical (unpaired) electrons. The Kier molecular flexibility index (Phi) is 8.43. The molecule has 2 saturated heterocycles. The molecule has 2 aliphatic heterocycles. The lowest BCUT2D eigenvalue weighted by Crippen LogP contribution is -2.40. The highest BCUT2D eigenvalue weighted by Gasteiger charge is 2.33. The second-order valence-electron chi connectivity index (χ2n) is 8.04. The van der Waals surface area contributed by atoms with Crippen LogP contribution in [0.2, 0.25) is 0 Å². The van der Waals surface area contributed by atoms with Gasteiger partial charge in [0.2, 0.25) is 0 Å². The zero-order valence-electron chi connectivity index (χ0n) is 17.0. The van der Waals surface area contributed by atoms with Crippen molar-refractivity contribution in [2.75, 3.05) is 26.9 Å². The van der Waals surface area contributed by atoms with Gasteiger partial charge in [-0.1, -0.05) is 51.2 Å². The minimum atomic E-state index is -0.0850. The van der Waals surface area contributed by atoms with Crippen LogP contribution in [0.3, 0.4) is 0 Å². The molecule has 0 amide bonds. The molecule has 0 aliphatic carbocycles. The van der Waals surface area contributed by atoms with Crippen molar-refractivity contribution in [2.24, 2.45) is 11.8 Å². The average molecular weight is 377 g/mol. The molecule has 4 nitrogen and oxygen atoms in total. The normalized spacial score (nSPS) is 28.8. The summed E-state index contributed by atoms with van der Waals surface area (Å²) in [4.78, 5) is 0. The molecule has 0 bridgehead atoms. The largest absolute Gasteiger partial charge is 0.497 e. The molecule has 27 heavy (non-hydrogen) atoms. The molecular weight excluding hydrogens is 340 g/mol. The summed E-state index contributed by atoms with van der Waals surface area (Å²) in [6, 6.07) is 8.20. The molecule has 0 aromatic heterocycles. The van der Waals surface area contributed by atoms with Gasteiger partial charge >= 0.3 is 0 Å². The Balaban J connectivity index is 1.34. The van der Waals surface area contributed by atoms with E-state index < -0.39 is 0 Å². The second-order valence-corrected chi connectivity index (χ2v) is 8.04. The summed E-state index contributed by atoms with van der Waals surface area (Å²) < 4.78 is 23.5. The highest BCUT2D eigenvalue weighted by molar-refractivity contribution is 5.28. The maximum atomic E-state index is 6.13. The number of ether oxygens (including phenoxy) is 4. The van der Waals surface area contributed by atoms with Crippen molar-refractivity contribution in [3.8, 4) is 5.75 Å². The number of methoxy groups -OCH3 is 1. The Bertz CT molecular complexity index is 514. The first-order valence-electron chi connectivity index (χ1n) is 10.8. The minimum Gasteiger partial charge on any atom is -0.497 e. The topological polar surface area (TPSA) is 36.9 Å². The summed E-state index contributed by atoms with van der Waals surface area (Å²) in [5.74, 6) is 1.81. The van der Waals surface area contributed by atoms with Crippen LogP contribution in [-0.4, -0.2) is 33.2 Å². The third-order valence-electron chi connectivity index (χ3n) is 5.89. The van der Waals surface area contributed by atoms with Crippen LogP contribution >= 0.6 is 0 Å². The van der Waals surface area contributed by atoms with Gasteiger partial charge < -0.3 is 18.9 Å². The maximum absolute atomic E-state index is 6.13. The summed E-state index contributed by atoms with van der Waals surface area (Å²) in [7, 11) is 1.69. The lowest BCUT2D eigenvalue weighted by atomic mass is 9.93. The Morgan fingerprint density at radius 1 is 0.889 bits per heavy atom. The van der Waals surface area contributed by atoms with E-state index >= 15 is 0 Å².